The van der Waals surface area contributed by atoms with Gasteiger partial charge in [-0.15, -0.1) is 5.10 Å². The molecular weight excluding hydrogens is 452 g/mol. The molecule has 2 unspecified atom stereocenters. The summed E-state index contributed by atoms with van der Waals surface area (Å²) in [4.78, 5) is 18.0. The van der Waals surface area contributed by atoms with Crippen molar-refractivity contribution in [2.75, 3.05) is 0 Å². The minimum absolute atomic E-state index is 0.0166. The fourth-order valence-corrected chi connectivity index (χ4v) is 7.26. The molecule has 2 aromatic rings. The van der Waals surface area contributed by atoms with Crippen molar-refractivity contribution in [3.63, 3.8) is 0 Å². The van der Waals surface area contributed by atoms with Gasteiger partial charge < -0.3 is 5.32 Å². The van der Waals surface area contributed by atoms with Crippen LogP contribution in [0.2, 0.25) is 0 Å². The molecule has 4 aliphatic rings. The van der Waals surface area contributed by atoms with Gasteiger partial charge in [-0.2, -0.15) is 0 Å². The van der Waals surface area contributed by atoms with E-state index in [2.05, 4.69) is 81.0 Å². The van der Waals surface area contributed by atoms with Gasteiger partial charge in [0, 0.05) is 0 Å². The van der Waals surface area contributed by atoms with E-state index in [4.69, 9.17) is 0 Å². The molecule has 31 heavy (non-hydrogen) atoms. The van der Waals surface area contributed by atoms with Crippen molar-refractivity contribution in [1.29, 1.82) is 0 Å². The molecule has 0 aliphatic heterocycles. The Kier molecular flexibility index (Phi) is 5.27. The lowest BCUT2D eigenvalue weighted by molar-refractivity contribution is -0.156. The van der Waals surface area contributed by atoms with Gasteiger partial charge in [0.1, 0.15) is 6.33 Å². The Morgan fingerprint density at radius 2 is 1.81 bits per heavy atom. The minimum atomic E-state index is -0.270. The van der Waals surface area contributed by atoms with Crippen LogP contribution < -0.4 is 5.32 Å². The molecule has 6 atom stereocenters. The summed E-state index contributed by atoms with van der Waals surface area (Å²) in [6.07, 6.45) is 9.43. The van der Waals surface area contributed by atoms with E-state index in [9.17, 15) is 4.79 Å². The summed E-state index contributed by atoms with van der Waals surface area (Å²) in [6, 6.07) is 8.81. The second kappa shape index (κ2) is 7.72. The van der Waals surface area contributed by atoms with Crippen LogP contribution in [0, 0.1) is 17.3 Å². The van der Waals surface area contributed by atoms with E-state index < -0.39 is 0 Å². The van der Waals surface area contributed by atoms with E-state index in [0.717, 1.165) is 38.5 Å². The highest BCUT2D eigenvalue weighted by Gasteiger charge is 2.61. The minimum Gasteiger partial charge on any atom is -0.349 e. The third-order valence-corrected chi connectivity index (χ3v) is 8.79. The van der Waals surface area contributed by atoms with Crippen molar-refractivity contribution >= 4 is 21.8 Å². The predicted molar refractivity (Wildman–Crippen MR) is 125 cm³/mol. The molecule has 5 nitrogen and oxygen atoms in total. The Labute approximate surface area is 193 Å². The lowest BCUT2D eigenvalue weighted by Crippen LogP contribution is -2.61. The first-order valence-corrected chi connectivity index (χ1v) is 12.6. The molecule has 4 fully saturated rings. The molecule has 0 saturated heterocycles. The summed E-state index contributed by atoms with van der Waals surface area (Å²) in [5, 5.41) is 8.02. The Morgan fingerprint density at radius 1 is 1.16 bits per heavy atom. The predicted octanol–water partition coefficient (Wildman–Crippen LogP) is 5.73. The number of carbonyl (C=O) groups is 1. The molecule has 1 amide bonds. The summed E-state index contributed by atoms with van der Waals surface area (Å²) in [5.74, 6) is 2.03. The SMILES string of the molecule is CC[C@H](C)c1ccc([C@@H](C)NC(=O)C23C[C@H]4C[C@@H](C2)CC(n2cnc(Br)n2)(C4)C3)cc1. The van der Waals surface area contributed by atoms with Gasteiger partial charge in [-0.05, 0) is 96.7 Å². The number of benzene rings is 1. The Morgan fingerprint density at radius 3 is 2.39 bits per heavy atom. The van der Waals surface area contributed by atoms with Gasteiger partial charge in [-0.3, -0.25) is 4.79 Å². The summed E-state index contributed by atoms with van der Waals surface area (Å²) in [5.41, 5.74) is 2.22. The van der Waals surface area contributed by atoms with E-state index in [0.29, 0.717) is 22.5 Å². The summed E-state index contributed by atoms with van der Waals surface area (Å²) in [6.45, 7) is 6.59. The molecule has 1 aromatic heterocycles. The highest BCUT2D eigenvalue weighted by molar-refractivity contribution is 9.10. The summed E-state index contributed by atoms with van der Waals surface area (Å²) < 4.78 is 2.70. The fourth-order valence-electron chi connectivity index (χ4n) is 7.00. The molecule has 6 rings (SSSR count). The maximum Gasteiger partial charge on any atom is 0.226 e. The number of aromatic nitrogens is 3. The first-order valence-electron chi connectivity index (χ1n) is 11.8. The molecule has 4 aliphatic carbocycles. The standard InChI is InChI=1S/C25H33BrN4O/c1-4-16(2)20-5-7-21(8-6-20)17(3)28-22(31)24-10-18-9-19(11-24)13-25(12-18,14-24)30-15-27-23(26)29-30/h5-8,15-19H,4,9-14H2,1-3H3,(H,28,31)/t16-,17+,18-,19+,24?,25?/m0/s1. The third kappa shape index (κ3) is 3.65. The zero-order chi connectivity index (χ0) is 21.8. The smallest absolute Gasteiger partial charge is 0.226 e. The van der Waals surface area contributed by atoms with Crippen LogP contribution in [0.25, 0.3) is 0 Å². The Hall–Kier alpha value is -1.69. The van der Waals surface area contributed by atoms with Crippen molar-refractivity contribution in [3.8, 4) is 0 Å². The average Bonchev–Trinajstić information content (AvgIpc) is 3.19. The van der Waals surface area contributed by atoms with E-state index in [1.165, 1.54) is 17.5 Å². The number of hydrogen-bond donors (Lipinski definition) is 1. The largest absolute Gasteiger partial charge is 0.349 e. The zero-order valence-electron chi connectivity index (χ0n) is 18.8. The quantitative estimate of drug-likeness (QED) is 0.569. The van der Waals surface area contributed by atoms with Crippen LogP contribution in [-0.2, 0) is 10.3 Å². The molecule has 166 valence electrons. The summed E-state index contributed by atoms with van der Waals surface area (Å²) >= 11 is 3.41. The van der Waals surface area contributed by atoms with Crippen LogP contribution in [-0.4, -0.2) is 20.7 Å². The number of hydrogen-bond acceptors (Lipinski definition) is 3. The molecular formula is C25H33BrN4O. The van der Waals surface area contributed by atoms with Crippen LogP contribution in [0.1, 0.15) is 88.8 Å². The molecule has 1 N–H and O–H groups in total. The number of nitrogens with one attached hydrogen (secondary N) is 1. The monoisotopic (exact) mass is 484 g/mol. The van der Waals surface area contributed by atoms with Crippen molar-refractivity contribution in [1.82, 2.24) is 20.1 Å². The van der Waals surface area contributed by atoms with Crippen LogP contribution >= 0.6 is 15.9 Å². The fraction of sp³-hybridized carbons (Fsp3) is 0.640. The average molecular weight is 485 g/mol. The number of carbonyl (C=O) groups excluding carboxylic acids is 1. The first kappa shape index (κ1) is 21.2. The van der Waals surface area contributed by atoms with Crippen molar-refractivity contribution in [3.05, 3.63) is 46.5 Å². The third-order valence-electron chi connectivity index (χ3n) is 8.43. The molecule has 4 saturated carbocycles. The molecule has 6 heteroatoms. The van der Waals surface area contributed by atoms with Gasteiger partial charge >= 0.3 is 0 Å². The van der Waals surface area contributed by atoms with Crippen LogP contribution in [0.4, 0.5) is 0 Å². The van der Waals surface area contributed by atoms with E-state index in [1.54, 1.807) is 0 Å². The molecule has 0 spiro atoms. The number of amides is 1. The molecule has 1 aromatic carbocycles. The van der Waals surface area contributed by atoms with E-state index in [1.807, 2.05) is 6.33 Å². The molecule has 0 radical (unpaired) electrons. The molecule has 1 heterocycles. The molecule has 4 bridgehead atoms. The first-order chi connectivity index (χ1) is 14.8. The second-order valence-electron chi connectivity index (χ2n) is 10.6. The number of halogens is 1. The second-order valence-corrected chi connectivity index (χ2v) is 11.3. The van der Waals surface area contributed by atoms with Gasteiger partial charge in [-0.1, -0.05) is 38.1 Å². The van der Waals surface area contributed by atoms with Gasteiger partial charge in [0.15, 0.2) is 0 Å². The lowest BCUT2D eigenvalue weighted by Gasteiger charge is -2.61. The van der Waals surface area contributed by atoms with Crippen LogP contribution in [0.5, 0.6) is 0 Å². The number of rotatable bonds is 6. The zero-order valence-corrected chi connectivity index (χ0v) is 20.4. The van der Waals surface area contributed by atoms with Gasteiger partial charge in [0.05, 0.1) is 17.0 Å². The van der Waals surface area contributed by atoms with Crippen molar-refractivity contribution in [2.24, 2.45) is 17.3 Å². The van der Waals surface area contributed by atoms with Gasteiger partial charge in [0.2, 0.25) is 10.6 Å². The van der Waals surface area contributed by atoms with Crippen LogP contribution in [0.3, 0.4) is 0 Å². The van der Waals surface area contributed by atoms with Gasteiger partial charge in [0.25, 0.3) is 0 Å². The maximum atomic E-state index is 13.7. The highest BCUT2D eigenvalue weighted by atomic mass is 79.9. The van der Waals surface area contributed by atoms with Crippen molar-refractivity contribution < 1.29 is 4.79 Å². The maximum absolute atomic E-state index is 13.7. The topological polar surface area (TPSA) is 59.8 Å². The van der Waals surface area contributed by atoms with E-state index in [-0.39, 0.29) is 22.9 Å². The number of nitrogens with zero attached hydrogens (tertiary/aromatic N) is 3. The highest BCUT2D eigenvalue weighted by Crippen LogP contribution is 2.64. The van der Waals surface area contributed by atoms with Gasteiger partial charge in [-0.25, -0.2) is 9.67 Å². The van der Waals surface area contributed by atoms with Crippen LogP contribution in [0.15, 0.2) is 35.3 Å². The summed E-state index contributed by atoms with van der Waals surface area (Å²) in [7, 11) is 0. The Bertz CT molecular complexity index is 954. The van der Waals surface area contributed by atoms with E-state index >= 15 is 0 Å². The Balaban J connectivity index is 1.35. The van der Waals surface area contributed by atoms with Crippen molar-refractivity contribution in [2.45, 2.75) is 83.2 Å². The normalized spacial score (nSPS) is 33.3. The lowest BCUT2D eigenvalue weighted by atomic mass is 9.46.